The van der Waals surface area contributed by atoms with Gasteiger partial charge in [0.15, 0.2) is 0 Å². The van der Waals surface area contributed by atoms with Crippen molar-refractivity contribution in [3.05, 3.63) is 0 Å². The van der Waals surface area contributed by atoms with Gasteiger partial charge in [0, 0.05) is 24.8 Å². The smallest absolute Gasteiger partial charge is 0.243 e. The molecule has 0 aromatic carbocycles. The number of carbonyl (C=O) groups is 2. The number of carbonyl (C=O) groups excluding carboxylic acids is 2. The number of thioether (sulfide) groups is 1. The van der Waals surface area contributed by atoms with Gasteiger partial charge in [0.1, 0.15) is 6.04 Å². The molecule has 0 bridgehead atoms. The van der Waals surface area contributed by atoms with Gasteiger partial charge >= 0.3 is 0 Å². The average molecular weight is 368 g/mol. The first-order chi connectivity index (χ1) is 12.1. The molecule has 1 aliphatic carbocycles. The van der Waals surface area contributed by atoms with Crippen LogP contribution in [0.4, 0.5) is 0 Å². The first-order valence-electron chi connectivity index (χ1n) is 10.00. The minimum Gasteiger partial charge on any atom is -0.353 e. The number of hydrogen-bond donors (Lipinski definition) is 1. The van der Waals surface area contributed by atoms with Crippen molar-refractivity contribution in [2.45, 2.75) is 63.8 Å². The Morgan fingerprint density at radius 2 is 1.88 bits per heavy atom. The second-order valence-electron chi connectivity index (χ2n) is 8.15. The van der Waals surface area contributed by atoms with Gasteiger partial charge in [-0.1, -0.05) is 20.3 Å². The van der Waals surface area contributed by atoms with Crippen LogP contribution in [0.2, 0.25) is 0 Å². The summed E-state index contributed by atoms with van der Waals surface area (Å²) in [7, 11) is 0. The lowest BCUT2D eigenvalue weighted by Crippen LogP contribution is -2.51. The number of hydrogen-bond acceptors (Lipinski definition) is 4. The summed E-state index contributed by atoms with van der Waals surface area (Å²) < 4.78 is 0. The zero-order valence-electron chi connectivity index (χ0n) is 15.7. The first kappa shape index (κ1) is 19.0. The highest BCUT2D eigenvalue weighted by Crippen LogP contribution is 2.39. The zero-order chi connectivity index (χ0) is 17.8. The van der Waals surface area contributed by atoms with E-state index in [0.717, 1.165) is 44.6 Å². The molecule has 142 valence electrons. The SMILES string of the molecule is CC(C)CC1SCC(C(=O)NCCN2CCCCC2)N1C(=O)C1CC1. The van der Waals surface area contributed by atoms with Crippen molar-refractivity contribution < 1.29 is 9.59 Å². The molecule has 2 aliphatic heterocycles. The highest BCUT2D eigenvalue weighted by molar-refractivity contribution is 8.00. The van der Waals surface area contributed by atoms with E-state index in [1.807, 2.05) is 4.90 Å². The van der Waals surface area contributed by atoms with E-state index in [0.29, 0.717) is 12.5 Å². The molecule has 25 heavy (non-hydrogen) atoms. The van der Waals surface area contributed by atoms with Crippen LogP contribution in [0.3, 0.4) is 0 Å². The second-order valence-corrected chi connectivity index (χ2v) is 9.36. The normalized spacial score (nSPS) is 27.7. The summed E-state index contributed by atoms with van der Waals surface area (Å²) in [5, 5.41) is 3.27. The van der Waals surface area contributed by atoms with Gasteiger partial charge in [-0.15, -0.1) is 11.8 Å². The van der Waals surface area contributed by atoms with Crippen LogP contribution in [0.25, 0.3) is 0 Å². The lowest BCUT2D eigenvalue weighted by Gasteiger charge is -2.30. The molecule has 2 atom stereocenters. The molecular formula is C19H33N3O2S. The Bertz CT molecular complexity index is 475. The fraction of sp³-hybridized carbons (Fsp3) is 0.895. The van der Waals surface area contributed by atoms with Crippen LogP contribution in [0.1, 0.15) is 52.4 Å². The van der Waals surface area contributed by atoms with E-state index in [4.69, 9.17) is 0 Å². The summed E-state index contributed by atoms with van der Waals surface area (Å²) >= 11 is 1.78. The van der Waals surface area contributed by atoms with E-state index >= 15 is 0 Å². The molecule has 1 N–H and O–H groups in total. The van der Waals surface area contributed by atoms with Gasteiger partial charge in [0.05, 0.1) is 5.37 Å². The summed E-state index contributed by atoms with van der Waals surface area (Å²) in [5.74, 6) is 1.72. The Hall–Kier alpha value is -0.750. The summed E-state index contributed by atoms with van der Waals surface area (Å²) in [6.45, 7) is 8.30. The predicted octanol–water partition coefficient (Wildman–Crippen LogP) is 2.31. The minimum absolute atomic E-state index is 0.0461. The van der Waals surface area contributed by atoms with Crippen molar-refractivity contribution in [2.75, 3.05) is 31.9 Å². The number of likely N-dealkylation sites (tertiary alicyclic amines) is 1. The molecular weight excluding hydrogens is 334 g/mol. The van der Waals surface area contributed by atoms with E-state index in [1.54, 1.807) is 11.8 Å². The quantitative estimate of drug-likeness (QED) is 0.750. The molecule has 3 fully saturated rings. The maximum Gasteiger partial charge on any atom is 0.243 e. The number of amides is 2. The molecule has 2 amide bonds. The third-order valence-corrected chi connectivity index (χ3v) is 6.74. The summed E-state index contributed by atoms with van der Waals surface area (Å²) in [5.41, 5.74) is 0. The van der Waals surface area contributed by atoms with Crippen LogP contribution in [0.15, 0.2) is 0 Å². The van der Waals surface area contributed by atoms with Crippen LogP contribution in [-0.2, 0) is 9.59 Å². The molecule has 2 heterocycles. The fourth-order valence-electron chi connectivity index (χ4n) is 3.83. The Balaban J connectivity index is 1.52. The van der Waals surface area contributed by atoms with Gasteiger partial charge in [-0.3, -0.25) is 9.59 Å². The van der Waals surface area contributed by atoms with Crippen molar-refractivity contribution in [1.82, 2.24) is 15.1 Å². The molecule has 0 aromatic rings. The Kier molecular flexibility index (Phi) is 6.67. The van der Waals surface area contributed by atoms with Crippen LogP contribution < -0.4 is 5.32 Å². The number of nitrogens with one attached hydrogen (secondary N) is 1. The summed E-state index contributed by atoms with van der Waals surface area (Å²) in [6.07, 6.45) is 6.84. The van der Waals surface area contributed by atoms with Crippen molar-refractivity contribution in [3.63, 3.8) is 0 Å². The van der Waals surface area contributed by atoms with Gasteiger partial charge < -0.3 is 15.1 Å². The van der Waals surface area contributed by atoms with E-state index in [1.165, 1.54) is 19.3 Å². The first-order valence-corrected chi connectivity index (χ1v) is 11.0. The highest BCUT2D eigenvalue weighted by atomic mass is 32.2. The van der Waals surface area contributed by atoms with Gasteiger partial charge in [-0.2, -0.15) is 0 Å². The largest absolute Gasteiger partial charge is 0.353 e. The van der Waals surface area contributed by atoms with Crippen LogP contribution in [0.5, 0.6) is 0 Å². The van der Waals surface area contributed by atoms with Gasteiger partial charge in [0.2, 0.25) is 11.8 Å². The Morgan fingerprint density at radius 1 is 1.16 bits per heavy atom. The number of nitrogens with zero attached hydrogens (tertiary/aromatic N) is 2. The molecule has 1 saturated carbocycles. The van der Waals surface area contributed by atoms with E-state index in [-0.39, 0.29) is 29.1 Å². The van der Waals surface area contributed by atoms with Crippen LogP contribution >= 0.6 is 11.8 Å². The molecule has 0 aromatic heterocycles. The molecule has 0 radical (unpaired) electrons. The lowest BCUT2D eigenvalue weighted by atomic mass is 10.1. The van der Waals surface area contributed by atoms with Crippen molar-refractivity contribution in [3.8, 4) is 0 Å². The summed E-state index contributed by atoms with van der Waals surface area (Å²) in [4.78, 5) is 29.9. The highest BCUT2D eigenvalue weighted by Gasteiger charge is 2.45. The molecule has 2 unspecified atom stereocenters. The van der Waals surface area contributed by atoms with Gasteiger partial charge in [-0.05, 0) is 51.1 Å². The molecule has 5 nitrogen and oxygen atoms in total. The zero-order valence-corrected chi connectivity index (χ0v) is 16.5. The molecule has 6 heteroatoms. The topological polar surface area (TPSA) is 52.7 Å². The third kappa shape index (κ3) is 5.13. The number of piperidine rings is 1. The Labute approximate surface area is 156 Å². The van der Waals surface area contributed by atoms with Crippen LogP contribution in [-0.4, -0.2) is 65.0 Å². The lowest BCUT2D eigenvalue weighted by molar-refractivity contribution is -0.141. The fourth-order valence-corrected chi connectivity index (χ4v) is 5.47. The number of rotatable bonds is 7. The monoisotopic (exact) mass is 367 g/mol. The predicted molar refractivity (Wildman–Crippen MR) is 102 cm³/mol. The minimum atomic E-state index is -0.275. The van der Waals surface area contributed by atoms with Gasteiger partial charge in [0.25, 0.3) is 0 Å². The van der Waals surface area contributed by atoms with E-state index < -0.39 is 0 Å². The third-order valence-electron chi connectivity index (χ3n) is 5.43. The van der Waals surface area contributed by atoms with E-state index in [9.17, 15) is 9.59 Å². The second kappa shape index (κ2) is 8.76. The van der Waals surface area contributed by atoms with Crippen molar-refractivity contribution in [1.29, 1.82) is 0 Å². The van der Waals surface area contributed by atoms with Crippen molar-refractivity contribution >= 4 is 23.6 Å². The molecule has 3 rings (SSSR count). The van der Waals surface area contributed by atoms with Gasteiger partial charge in [-0.25, -0.2) is 0 Å². The molecule has 0 spiro atoms. The molecule has 3 aliphatic rings. The van der Waals surface area contributed by atoms with Crippen LogP contribution in [0, 0.1) is 11.8 Å². The maximum atomic E-state index is 12.8. The maximum absolute atomic E-state index is 12.8. The standard InChI is InChI=1S/C19H33N3O2S/c1-14(2)12-17-22(19(24)15-6-7-15)16(13-25-17)18(23)20-8-11-21-9-4-3-5-10-21/h14-17H,3-13H2,1-2H3,(H,20,23). The summed E-state index contributed by atoms with van der Waals surface area (Å²) in [6, 6.07) is -0.275. The Morgan fingerprint density at radius 3 is 2.52 bits per heavy atom. The van der Waals surface area contributed by atoms with E-state index in [2.05, 4.69) is 24.1 Å². The van der Waals surface area contributed by atoms with Crippen molar-refractivity contribution in [2.24, 2.45) is 11.8 Å². The average Bonchev–Trinajstić information content (AvgIpc) is 3.36. The molecule has 2 saturated heterocycles.